The van der Waals surface area contributed by atoms with Gasteiger partial charge in [-0.1, -0.05) is 90.0 Å². The lowest BCUT2D eigenvalue weighted by Crippen LogP contribution is -2.23. The Hall–Kier alpha value is -5.26. The van der Waals surface area contributed by atoms with Gasteiger partial charge in [0.1, 0.15) is 12.7 Å². The molecule has 0 aliphatic carbocycles. The van der Waals surface area contributed by atoms with Gasteiger partial charge in [0, 0.05) is 12.1 Å². The SMILES string of the molecule is CC(Br)c1ncnc(Cl)c1F.CCc1nc(Cl)nc(Cl)c1F.CCc1nc(Cl)nc([O-])c1F.CCc1nc[nH]c(=O)c1F.CCc1ncnc(Cl)c1F.Fc1cnc(Cl)nc1Cl.O=c1[nH]cc(F)c(=O)[nH]1.[NH4+]. The van der Waals surface area contributed by atoms with Crippen molar-refractivity contribution < 1.29 is 35.8 Å². The number of alkyl halides is 1. The Balaban J connectivity index is 0.000000816. The molecule has 0 amide bonds. The summed E-state index contributed by atoms with van der Waals surface area (Å²) in [5, 5.41) is 9.62. The number of H-pyrrole nitrogens is 3. The van der Waals surface area contributed by atoms with Crippen molar-refractivity contribution in [3.8, 4) is 5.88 Å². The number of quaternary nitrogens is 1. The minimum Gasteiger partial charge on any atom is -0.856 e. The van der Waals surface area contributed by atoms with E-state index in [2.05, 4.69) is 75.7 Å². The van der Waals surface area contributed by atoms with Crippen LogP contribution in [0.2, 0.25) is 36.5 Å². The second kappa shape index (κ2) is 34.2. The first kappa shape index (κ1) is 66.7. The molecule has 0 aliphatic rings. The van der Waals surface area contributed by atoms with Crippen molar-refractivity contribution in [3.63, 3.8) is 0 Å². The van der Waals surface area contributed by atoms with Gasteiger partial charge < -0.3 is 21.2 Å². The van der Waals surface area contributed by atoms with Crippen molar-refractivity contribution in [2.24, 2.45) is 0 Å². The maximum Gasteiger partial charge on any atom is 0.325 e. The lowest BCUT2D eigenvalue weighted by atomic mass is 10.3. The van der Waals surface area contributed by atoms with Gasteiger partial charge in [-0.2, -0.15) is 8.78 Å². The standard InChI is InChI=1S/C6H5BrClFN2.C6H5Cl2FN2.C6H6ClFN2O.C6H6ClFN2.C6H7FN2O.C4HCl2FN2.C4H3FN2O2.H3N/c1-3(7)5-4(9)6(8)11-2-10-5;1-2-3-4(9)5(7)11-6(8)10-3;1-2-3-4(8)5(11)10-6(7)9-3;1-2-4-5(8)6(7)10-3-9-4;1-2-4-5(7)6(10)9-3-8-4;5-3-2(7)1-8-4(6)9-3;5-2-1-6-4(9)7-3(2)8;/h2-3H,1H3;2H2,1H3;2H2,1H3,(H,9,10,11);3H,2H2,1H3;3H,2H2,1H3,(H,8,9,10);1H;1H,(H2,6,7,8,9);1H3. The Labute approximate surface area is 445 Å². The third-order valence-electron chi connectivity index (χ3n) is 7.34. The highest BCUT2D eigenvalue weighted by Gasteiger charge is 2.13. The first-order chi connectivity index (χ1) is 33.3. The fourth-order valence-electron chi connectivity index (χ4n) is 4.00. The first-order valence-corrected chi connectivity index (χ1v) is 22.6. The van der Waals surface area contributed by atoms with Crippen LogP contribution in [-0.2, 0) is 25.7 Å². The number of halogens is 15. The average molecular weight is 1230 g/mol. The largest absolute Gasteiger partial charge is 0.856 e. The fourth-order valence-corrected chi connectivity index (χ4v) is 5.51. The summed E-state index contributed by atoms with van der Waals surface area (Å²) < 4.78 is 88.0. The van der Waals surface area contributed by atoms with Crippen LogP contribution >= 0.6 is 97.1 Å². The monoisotopic (exact) mass is 1220 g/mol. The molecule has 0 radical (unpaired) electrons. The smallest absolute Gasteiger partial charge is 0.325 e. The van der Waals surface area contributed by atoms with E-state index in [0.29, 0.717) is 37.6 Å². The third-order valence-corrected chi connectivity index (χ3v) is 9.33. The maximum absolute atomic E-state index is 13.0. The number of hydrogen-bond acceptors (Lipinski definition) is 15. The van der Waals surface area contributed by atoms with E-state index >= 15 is 0 Å². The molecule has 1 atom stereocenters. The van der Waals surface area contributed by atoms with Gasteiger partial charge in [0.25, 0.3) is 11.1 Å². The lowest BCUT2D eigenvalue weighted by Gasteiger charge is -2.07. The molecule has 0 saturated heterocycles. The first-order valence-electron chi connectivity index (χ1n) is 19.1. The topological polar surface area (TPSA) is 300 Å². The molecular formula is C38H36BrCl7F7N15O4. The van der Waals surface area contributed by atoms with E-state index in [4.69, 9.17) is 81.2 Å². The molecule has 392 valence electrons. The number of hydrogen-bond donors (Lipinski definition) is 4. The molecular weight excluding hydrogens is 1190 g/mol. The summed E-state index contributed by atoms with van der Waals surface area (Å²) in [6, 6.07) is 0. The van der Waals surface area contributed by atoms with E-state index in [0.717, 1.165) is 6.20 Å². The van der Waals surface area contributed by atoms with E-state index in [1.165, 1.54) is 19.0 Å². The van der Waals surface area contributed by atoms with Gasteiger partial charge in [0.05, 0.1) is 45.8 Å². The summed E-state index contributed by atoms with van der Waals surface area (Å²) in [5.41, 5.74) is -1.24. The molecule has 0 aliphatic heterocycles. The predicted molar refractivity (Wildman–Crippen MR) is 258 cm³/mol. The van der Waals surface area contributed by atoms with E-state index in [1.807, 2.05) is 11.9 Å². The summed E-state index contributed by atoms with van der Waals surface area (Å²) in [4.78, 5) is 74.9. The van der Waals surface area contributed by atoms with Gasteiger partial charge in [-0.3, -0.25) is 14.6 Å². The van der Waals surface area contributed by atoms with Crippen LogP contribution in [0.1, 0.15) is 67.9 Å². The second-order valence-corrected chi connectivity index (χ2v) is 15.9. The van der Waals surface area contributed by atoms with Crippen molar-refractivity contribution in [1.29, 1.82) is 0 Å². The van der Waals surface area contributed by atoms with Crippen LogP contribution in [0.25, 0.3) is 0 Å². The van der Waals surface area contributed by atoms with Crippen molar-refractivity contribution in [1.82, 2.24) is 75.9 Å². The molecule has 7 aromatic heterocycles. The van der Waals surface area contributed by atoms with Gasteiger partial charge in [0.2, 0.25) is 27.5 Å². The highest BCUT2D eigenvalue weighted by atomic mass is 79.9. The van der Waals surface area contributed by atoms with Gasteiger partial charge in [0.15, 0.2) is 49.7 Å². The Morgan fingerprint density at radius 1 is 0.542 bits per heavy atom. The average Bonchev–Trinajstić information content (AvgIpc) is 3.32. The highest BCUT2D eigenvalue weighted by molar-refractivity contribution is 9.09. The van der Waals surface area contributed by atoms with Crippen LogP contribution in [0.15, 0.2) is 45.8 Å². The van der Waals surface area contributed by atoms with Crippen molar-refractivity contribution in [3.05, 3.63) is 168 Å². The van der Waals surface area contributed by atoms with E-state index in [-0.39, 0.29) is 70.2 Å². The Morgan fingerprint density at radius 2 is 1.03 bits per heavy atom. The number of nitrogens with one attached hydrogen (secondary N) is 3. The summed E-state index contributed by atoms with van der Waals surface area (Å²) in [6.45, 7) is 8.76. The third kappa shape index (κ3) is 23.1. The van der Waals surface area contributed by atoms with E-state index in [1.54, 1.807) is 32.7 Å². The van der Waals surface area contributed by atoms with Crippen molar-refractivity contribution in [2.45, 2.75) is 65.1 Å². The zero-order valence-corrected chi connectivity index (χ0v) is 44.4. The molecule has 1 unspecified atom stereocenters. The fraction of sp³-hybridized carbons (Fsp3) is 0.263. The van der Waals surface area contributed by atoms with Crippen LogP contribution in [0, 0.1) is 40.7 Å². The molecule has 0 bridgehead atoms. The van der Waals surface area contributed by atoms with E-state index < -0.39 is 63.4 Å². The lowest BCUT2D eigenvalue weighted by molar-refractivity contribution is -0.279. The summed E-state index contributed by atoms with van der Waals surface area (Å²) in [6.07, 6.45) is 7.08. The number of rotatable bonds is 5. The Bertz CT molecular complexity index is 2950. The summed E-state index contributed by atoms with van der Waals surface area (Å²) in [7, 11) is 0. The minimum atomic E-state index is -1.00. The molecule has 0 aromatic carbocycles. The molecule has 34 heteroatoms. The summed E-state index contributed by atoms with van der Waals surface area (Å²) >= 11 is 40.5. The van der Waals surface area contributed by atoms with Gasteiger partial charge in [-0.15, -0.1) is 0 Å². The number of aromatic amines is 3. The quantitative estimate of drug-likeness (QED) is 0.0539. The van der Waals surface area contributed by atoms with Gasteiger partial charge in [-0.25, -0.2) is 81.6 Å². The molecule has 0 spiro atoms. The molecule has 0 saturated carbocycles. The normalized spacial score (nSPS) is 10.2. The Morgan fingerprint density at radius 3 is 1.49 bits per heavy atom. The molecule has 0 fully saturated rings. The summed E-state index contributed by atoms with van der Waals surface area (Å²) in [5.74, 6) is -5.93. The predicted octanol–water partition coefficient (Wildman–Crippen LogP) is 9.92. The van der Waals surface area contributed by atoms with Crippen LogP contribution in [0.3, 0.4) is 0 Å². The zero-order chi connectivity index (χ0) is 54.1. The van der Waals surface area contributed by atoms with Gasteiger partial charge >= 0.3 is 5.69 Å². The second-order valence-electron chi connectivity index (χ2n) is 12.1. The van der Waals surface area contributed by atoms with Crippen LogP contribution in [0.5, 0.6) is 5.88 Å². The van der Waals surface area contributed by atoms with Crippen molar-refractivity contribution >= 4 is 97.1 Å². The van der Waals surface area contributed by atoms with Crippen LogP contribution < -0.4 is 28.1 Å². The molecule has 19 nitrogen and oxygen atoms in total. The van der Waals surface area contributed by atoms with E-state index in [9.17, 15) is 50.2 Å². The molecule has 7 aromatic rings. The number of nitrogens with zero attached hydrogens (tertiary/aromatic N) is 11. The maximum atomic E-state index is 13.0. The van der Waals surface area contributed by atoms with Crippen LogP contribution in [0.4, 0.5) is 30.7 Å². The molecule has 72 heavy (non-hydrogen) atoms. The Kier molecular flexibility index (Phi) is 31.7. The molecule has 7 rings (SSSR count). The zero-order valence-electron chi connectivity index (χ0n) is 37.5. The highest BCUT2D eigenvalue weighted by Crippen LogP contribution is 2.24. The van der Waals surface area contributed by atoms with Crippen molar-refractivity contribution in [2.75, 3.05) is 0 Å². The minimum absolute atomic E-state index is 0. The van der Waals surface area contributed by atoms with Crippen LogP contribution in [-0.4, -0.2) is 69.8 Å². The molecule has 7 heterocycles. The molecule has 7 N–H and O–H groups in total. The number of aryl methyl sites for hydroxylation is 4. The van der Waals surface area contributed by atoms with Gasteiger partial charge in [-0.05, 0) is 67.4 Å². The number of aromatic nitrogens is 14.